The van der Waals surface area contributed by atoms with E-state index in [9.17, 15) is 0 Å². The molecule has 86 valence electrons. The van der Waals surface area contributed by atoms with Crippen molar-refractivity contribution in [3.63, 3.8) is 0 Å². The highest BCUT2D eigenvalue weighted by Crippen LogP contribution is 2.50. The van der Waals surface area contributed by atoms with Gasteiger partial charge in [0.15, 0.2) is 0 Å². The first-order valence-electron chi connectivity index (χ1n) is 6.57. The van der Waals surface area contributed by atoms with Crippen LogP contribution in [0.4, 0.5) is 0 Å². The Bertz CT molecular complexity index is 354. The molecule has 0 aromatic heterocycles. The molecule has 0 bridgehead atoms. The highest BCUT2D eigenvalue weighted by atomic mass is 14.9. The van der Waals surface area contributed by atoms with Gasteiger partial charge < -0.3 is 5.32 Å². The molecule has 1 saturated carbocycles. The van der Waals surface area contributed by atoms with E-state index in [1.807, 2.05) is 0 Å². The molecule has 1 aromatic rings. The lowest BCUT2D eigenvalue weighted by atomic mass is 9.73. The van der Waals surface area contributed by atoms with Gasteiger partial charge in [0.25, 0.3) is 0 Å². The molecule has 1 heteroatoms. The summed E-state index contributed by atoms with van der Waals surface area (Å²) in [4.78, 5) is 0. The Labute approximate surface area is 98.3 Å². The predicted molar refractivity (Wildman–Crippen MR) is 67.7 cm³/mol. The third kappa shape index (κ3) is 1.58. The largest absolute Gasteiger partial charge is 0.316 e. The van der Waals surface area contributed by atoms with Crippen LogP contribution in [-0.2, 0) is 0 Å². The normalized spacial score (nSPS) is 27.7. The van der Waals surface area contributed by atoms with Crippen molar-refractivity contribution >= 4 is 0 Å². The molecule has 1 nitrogen and oxygen atoms in total. The Balaban J connectivity index is 1.91. The summed E-state index contributed by atoms with van der Waals surface area (Å²) in [5.74, 6) is 0.760. The smallest absolute Gasteiger partial charge is 0.00320 e. The fourth-order valence-electron chi connectivity index (χ4n) is 3.68. The molecular weight excluding hydrogens is 194 g/mol. The van der Waals surface area contributed by atoms with Crippen molar-refractivity contribution in [1.29, 1.82) is 0 Å². The van der Waals surface area contributed by atoms with Crippen molar-refractivity contribution in [3.8, 4) is 0 Å². The maximum atomic E-state index is 3.62. The summed E-state index contributed by atoms with van der Waals surface area (Å²) in [6.07, 6.45) is 5.73. The van der Waals surface area contributed by atoms with Crippen LogP contribution in [0.3, 0.4) is 0 Å². The van der Waals surface area contributed by atoms with Gasteiger partial charge in [-0.25, -0.2) is 0 Å². The molecule has 1 aromatic carbocycles. The molecule has 1 atom stereocenters. The highest BCUT2D eigenvalue weighted by molar-refractivity contribution is 5.28. The molecule has 0 amide bonds. The van der Waals surface area contributed by atoms with E-state index in [0.29, 0.717) is 5.41 Å². The summed E-state index contributed by atoms with van der Waals surface area (Å²) in [5, 5.41) is 3.62. The lowest BCUT2D eigenvalue weighted by molar-refractivity contribution is 0.295. The second-order valence-corrected chi connectivity index (χ2v) is 5.66. The molecule has 1 aliphatic heterocycles. The van der Waals surface area contributed by atoms with Crippen LogP contribution < -0.4 is 5.32 Å². The Kier molecular flexibility index (Phi) is 2.51. The number of rotatable bonds is 1. The topological polar surface area (TPSA) is 12.0 Å². The third-order valence-corrected chi connectivity index (χ3v) is 4.64. The van der Waals surface area contributed by atoms with Crippen LogP contribution in [0.25, 0.3) is 0 Å². The van der Waals surface area contributed by atoms with E-state index in [-0.39, 0.29) is 0 Å². The van der Waals surface area contributed by atoms with Crippen LogP contribution in [0.15, 0.2) is 24.3 Å². The zero-order chi connectivity index (χ0) is 11.0. The fourth-order valence-corrected chi connectivity index (χ4v) is 3.68. The van der Waals surface area contributed by atoms with E-state index in [2.05, 4.69) is 36.5 Å². The zero-order valence-electron chi connectivity index (χ0n) is 10.1. The first-order chi connectivity index (χ1) is 7.80. The van der Waals surface area contributed by atoms with Gasteiger partial charge in [0.2, 0.25) is 0 Å². The van der Waals surface area contributed by atoms with E-state index in [0.717, 1.165) is 5.92 Å². The summed E-state index contributed by atoms with van der Waals surface area (Å²) in [5.41, 5.74) is 3.52. The molecule has 1 spiro atoms. The van der Waals surface area contributed by atoms with Crippen molar-refractivity contribution < 1.29 is 0 Å². The van der Waals surface area contributed by atoms with E-state index in [1.54, 1.807) is 5.56 Å². The standard InChI is InChI=1S/C15H21N/c1-12-4-6-13(7-5-12)14-10-16-11-15(14)8-2-3-9-15/h4-7,14,16H,2-3,8-11H2,1H3. The van der Waals surface area contributed by atoms with Crippen molar-refractivity contribution in [3.05, 3.63) is 35.4 Å². The van der Waals surface area contributed by atoms with E-state index in [1.165, 1.54) is 44.3 Å². The SMILES string of the molecule is Cc1ccc(C2CNCC23CCCC3)cc1. The number of nitrogens with one attached hydrogen (secondary N) is 1. The Morgan fingerprint density at radius 3 is 2.50 bits per heavy atom. The first kappa shape index (κ1) is 10.3. The monoisotopic (exact) mass is 215 g/mol. The molecule has 2 aliphatic rings. The summed E-state index contributed by atoms with van der Waals surface area (Å²) in [6, 6.07) is 9.20. The van der Waals surface area contributed by atoms with Gasteiger partial charge in [-0.1, -0.05) is 42.7 Å². The van der Waals surface area contributed by atoms with Crippen molar-refractivity contribution in [2.24, 2.45) is 5.41 Å². The predicted octanol–water partition coefficient (Wildman–Crippen LogP) is 3.24. The Hall–Kier alpha value is -0.820. The van der Waals surface area contributed by atoms with Gasteiger partial charge in [0.05, 0.1) is 0 Å². The maximum Gasteiger partial charge on any atom is 0.00320 e. The molecule has 3 rings (SSSR count). The van der Waals surface area contributed by atoms with E-state index in [4.69, 9.17) is 0 Å². The minimum atomic E-state index is 0.593. The lowest BCUT2D eigenvalue weighted by Gasteiger charge is -2.30. The second-order valence-electron chi connectivity index (χ2n) is 5.66. The van der Waals surface area contributed by atoms with Gasteiger partial charge in [0.1, 0.15) is 0 Å². The van der Waals surface area contributed by atoms with Gasteiger partial charge in [-0.05, 0) is 30.7 Å². The highest BCUT2D eigenvalue weighted by Gasteiger charge is 2.44. The summed E-state index contributed by atoms with van der Waals surface area (Å²) >= 11 is 0. The lowest BCUT2D eigenvalue weighted by Crippen LogP contribution is -2.25. The molecule has 1 aliphatic carbocycles. The Morgan fingerprint density at radius 2 is 1.81 bits per heavy atom. The molecule has 1 unspecified atom stereocenters. The summed E-state index contributed by atoms with van der Waals surface area (Å²) < 4.78 is 0. The van der Waals surface area contributed by atoms with Gasteiger partial charge in [0, 0.05) is 19.0 Å². The zero-order valence-corrected chi connectivity index (χ0v) is 10.1. The van der Waals surface area contributed by atoms with Gasteiger partial charge in [-0.3, -0.25) is 0 Å². The minimum absolute atomic E-state index is 0.593. The first-order valence-corrected chi connectivity index (χ1v) is 6.57. The molecule has 1 heterocycles. The Morgan fingerprint density at radius 1 is 1.12 bits per heavy atom. The average Bonchev–Trinajstić information content (AvgIpc) is 2.91. The molecule has 1 N–H and O–H groups in total. The molecular formula is C15H21N. The third-order valence-electron chi connectivity index (χ3n) is 4.64. The molecule has 16 heavy (non-hydrogen) atoms. The summed E-state index contributed by atoms with van der Waals surface area (Å²) in [6.45, 7) is 4.59. The average molecular weight is 215 g/mol. The number of hydrogen-bond donors (Lipinski definition) is 1. The van der Waals surface area contributed by atoms with Gasteiger partial charge >= 0.3 is 0 Å². The van der Waals surface area contributed by atoms with Crippen LogP contribution >= 0.6 is 0 Å². The van der Waals surface area contributed by atoms with Crippen molar-refractivity contribution in [2.75, 3.05) is 13.1 Å². The van der Waals surface area contributed by atoms with Crippen molar-refractivity contribution in [2.45, 2.75) is 38.5 Å². The quantitative estimate of drug-likeness (QED) is 0.758. The van der Waals surface area contributed by atoms with Crippen LogP contribution in [0, 0.1) is 12.3 Å². The van der Waals surface area contributed by atoms with Gasteiger partial charge in [-0.2, -0.15) is 0 Å². The van der Waals surface area contributed by atoms with Crippen LogP contribution in [0.5, 0.6) is 0 Å². The summed E-state index contributed by atoms with van der Waals surface area (Å²) in [7, 11) is 0. The van der Waals surface area contributed by atoms with E-state index >= 15 is 0 Å². The number of aryl methyl sites for hydroxylation is 1. The number of benzene rings is 1. The van der Waals surface area contributed by atoms with E-state index < -0.39 is 0 Å². The molecule has 0 radical (unpaired) electrons. The molecule has 2 fully saturated rings. The number of hydrogen-bond acceptors (Lipinski definition) is 1. The maximum absolute atomic E-state index is 3.62. The van der Waals surface area contributed by atoms with Crippen LogP contribution in [0.1, 0.15) is 42.7 Å². The van der Waals surface area contributed by atoms with Crippen LogP contribution in [-0.4, -0.2) is 13.1 Å². The fraction of sp³-hybridized carbons (Fsp3) is 0.600. The second kappa shape index (κ2) is 3.89. The van der Waals surface area contributed by atoms with Crippen LogP contribution in [0.2, 0.25) is 0 Å². The minimum Gasteiger partial charge on any atom is -0.316 e. The van der Waals surface area contributed by atoms with Gasteiger partial charge in [-0.15, -0.1) is 0 Å². The molecule has 1 saturated heterocycles. The van der Waals surface area contributed by atoms with Crippen molar-refractivity contribution in [1.82, 2.24) is 5.32 Å².